The highest BCUT2D eigenvalue weighted by atomic mass is 35.5. The van der Waals surface area contributed by atoms with Crippen LogP contribution in [0, 0.1) is 6.92 Å². The Labute approximate surface area is 135 Å². The first-order chi connectivity index (χ1) is 10.6. The molecular weight excluding hydrogens is 322 g/mol. The lowest BCUT2D eigenvalue weighted by atomic mass is 10.2. The Morgan fingerprint density at radius 3 is 3.05 bits per heavy atom. The van der Waals surface area contributed by atoms with Crippen LogP contribution in [-0.4, -0.2) is 15.3 Å². The van der Waals surface area contributed by atoms with Crippen molar-refractivity contribution < 1.29 is 4.79 Å². The second-order valence-corrected chi connectivity index (χ2v) is 6.06. The fourth-order valence-electron chi connectivity index (χ4n) is 2.11. The first-order valence-electron chi connectivity index (χ1n) is 6.55. The van der Waals surface area contributed by atoms with E-state index in [-0.39, 0.29) is 11.1 Å². The summed E-state index contributed by atoms with van der Waals surface area (Å²) in [6.45, 7) is 2.10. The zero-order valence-corrected chi connectivity index (χ0v) is 13.2. The third-order valence-corrected chi connectivity index (χ3v) is 4.40. The number of carbonyl (C=O) groups excluding carboxylic acids is 1. The molecule has 2 aromatic heterocycles. The summed E-state index contributed by atoms with van der Waals surface area (Å²) in [7, 11) is 0. The van der Waals surface area contributed by atoms with E-state index < -0.39 is 5.91 Å². The molecule has 112 valence electrons. The van der Waals surface area contributed by atoms with Crippen LogP contribution in [0.4, 0.5) is 0 Å². The first-order valence-corrected chi connectivity index (χ1v) is 7.80. The average Bonchev–Trinajstić information content (AvgIpc) is 2.87. The molecule has 0 radical (unpaired) electrons. The highest BCUT2D eigenvalue weighted by molar-refractivity contribution is 7.15. The summed E-state index contributed by atoms with van der Waals surface area (Å²) in [5.74, 6) is -0.447. The largest absolute Gasteiger partial charge is 0.348 e. The average molecular weight is 334 g/mol. The van der Waals surface area contributed by atoms with Gasteiger partial charge in [0.05, 0.1) is 0 Å². The Bertz CT molecular complexity index is 917. The predicted octanol–water partition coefficient (Wildman–Crippen LogP) is 2.65. The molecule has 22 heavy (non-hydrogen) atoms. The number of carbonyl (C=O) groups is 1. The second kappa shape index (κ2) is 5.90. The first kappa shape index (κ1) is 14.7. The summed E-state index contributed by atoms with van der Waals surface area (Å²) in [4.78, 5) is 29.3. The van der Waals surface area contributed by atoms with Gasteiger partial charge in [0.2, 0.25) is 0 Å². The van der Waals surface area contributed by atoms with Crippen molar-refractivity contribution in [2.24, 2.45) is 0 Å². The molecule has 0 saturated carbocycles. The highest BCUT2D eigenvalue weighted by Crippen LogP contribution is 2.12. The van der Waals surface area contributed by atoms with Gasteiger partial charge in [0.15, 0.2) is 4.96 Å². The van der Waals surface area contributed by atoms with Gasteiger partial charge in [-0.05, 0) is 24.6 Å². The zero-order chi connectivity index (χ0) is 15.7. The molecule has 0 fully saturated rings. The Morgan fingerprint density at radius 1 is 1.45 bits per heavy atom. The molecule has 0 bridgehead atoms. The third-order valence-electron chi connectivity index (χ3n) is 3.20. The van der Waals surface area contributed by atoms with E-state index in [0.29, 0.717) is 16.5 Å². The van der Waals surface area contributed by atoms with Crippen molar-refractivity contribution in [2.75, 3.05) is 0 Å². The molecule has 1 N–H and O–H groups in total. The van der Waals surface area contributed by atoms with Gasteiger partial charge in [-0.2, -0.15) is 0 Å². The maximum atomic E-state index is 12.4. The number of amides is 1. The number of thiazole rings is 1. The van der Waals surface area contributed by atoms with Gasteiger partial charge < -0.3 is 5.32 Å². The summed E-state index contributed by atoms with van der Waals surface area (Å²) in [5, 5.41) is 5.14. The Balaban J connectivity index is 1.85. The fourth-order valence-corrected chi connectivity index (χ4v) is 3.15. The summed E-state index contributed by atoms with van der Waals surface area (Å²) in [5.41, 5.74) is 1.30. The molecule has 3 aromatic rings. The summed E-state index contributed by atoms with van der Waals surface area (Å²) in [6, 6.07) is 7.18. The van der Waals surface area contributed by atoms with Crippen molar-refractivity contribution in [1.82, 2.24) is 14.7 Å². The number of rotatable bonds is 3. The van der Waals surface area contributed by atoms with E-state index in [1.165, 1.54) is 21.9 Å². The summed E-state index contributed by atoms with van der Waals surface area (Å²) < 4.78 is 1.44. The SMILES string of the molecule is Cc1csc2ncc(C(=O)NCc3cccc(Cl)c3)c(=O)n12. The molecule has 0 spiro atoms. The zero-order valence-electron chi connectivity index (χ0n) is 11.7. The van der Waals surface area contributed by atoms with Gasteiger partial charge in [0, 0.05) is 28.8 Å². The van der Waals surface area contributed by atoms with Crippen LogP contribution in [0.3, 0.4) is 0 Å². The predicted molar refractivity (Wildman–Crippen MR) is 86.7 cm³/mol. The third kappa shape index (κ3) is 2.75. The quantitative estimate of drug-likeness (QED) is 0.801. The number of benzene rings is 1. The lowest BCUT2D eigenvalue weighted by Crippen LogP contribution is -2.31. The maximum absolute atomic E-state index is 12.4. The van der Waals surface area contributed by atoms with Crippen molar-refractivity contribution in [3.05, 3.63) is 68.0 Å². The topological polar surface area (TPSA) is 63.5 Å². The number of hydrogen-bond donors (Lipinski definition) is 1. The Kier molecular flexibility index (Phi) is 3.96. The van der Waals surface area contributed by atoms with Crippen LogP contribution in [0.2, 0.25) is 5.02 Å². The lowest BCUT2D eigenvalue weighted by molar-refractivity contribution is 0.0949. The van der Waals surface area contributed by atoms with E-state index in [0.717, 1.165) is 11.3 Å². The van der Waals surface area contributed by atoms with E-state index in [2.05, 4.69) is 10.3 Å². The Morgan fingerprint density at radius 2 is 2.27 bits per heavy atom. The number of fused-ring (bicyclic) bond motifs is 1. The molecule has 2 heterocycles. The molecule has 1 amide bonds. The van der Waals surface area contributed by atoms with Gasteiger partial charge in [-0.1, -0.05) is 23.7 Å². The molecule has 0 atom stereocenters. The van der Waals surface area contributed by atoms with Crippen molar-refractivity contribution >= 4 is 33.8 Å². The highest BCUT2D eigenvalue weighted by Gasteiger charge is 2.14. The monoisotopic (exact) mass is 333 g/mol. The van der Waals surface area contributed by atoms with E-state index in [1.807, 2.05) is 11.4 Å². The summed E-state index contributed by atoms with van der Waals surface area (Å²) >= 11 is 7.26. The van der Waals surface area contributed by atoms with Crippen LogP contribution in [0.1, 0.15) is 21.6 Å². The van der Waals surface area contributed by atoms with Crippen molar-refractivity contribution in [3.8, 4) is 0 Å². The van der Waals surface area contributed by atoms with Crippen LogP contribution in [0.5, 0.6) is 0 Å². The van der Waals surface area contributed by atoms with Crippen LogP contribution in [-0.2, 0) is 6.54 Å². The van der Waals surface area contributed by atoms with Gasteiger partial charge in [0.1, 0.15) is 5.56 Å². The van der Waals surface area contributed by atoms with Crippen molar-refractivity contribution in [3.63, 3.8) is 0 Å². The molecule has 1 aromatic carbocycles. The molecule has 0 unspecified atom stereocenters. The molecule has 0 saturated heterocycles. The Hall–Kier alpha value is -2.18. The van der Waals surface area contributed by atoms with Gasteiger partial charge in [-0.3, -0.25) is 14.0 Å². The minimum atomic E-state index is -0.447. The number of aryl methyl sites for hydroxylation is 1. The van der Waals surface area contributed by atoms with Crippen LogP contribution >= 0.6 is 22.9 Å². The molecule has 0 aliphatic carbocycles. The van der Waals surface area contributed by atoms with Crippen LogP contribution < -0.4 is 10.9 Å². The van der Waals surface area contributed by atoms with Gasteiger partial charge in [-0.25, -0.2) is 4.98 Å². The fraction of sp³-hybridized carbons (Fsp3) is 0.133. The number of nitrogens with zero attached hydrogens (tertiary/aromatic N) is 2. The van der Waals surface area contributed by atoms with Crippen molar-refractivity contribution in [1.29, 1.82) is 0 Å². The van der Waals surface area contributed by atoms with Crippen LogP contribution in [0.25, 0.3) is 4.96 Å². The smallest absolute Gasteiger partial charge is 0.271 e. The van der Waals surface area contributed by atoms with E-state index >= 15 is 0 Å². The molecule has 5 nitrogen and oxygen atoms in total. The number of nitrogens with one attached hydrogen (secondary N) is 1. The normalized spacial score (nSPS) is 10.8. The standard InChI is InChI=1S/C15H12ClN3O2S/c1-9-8-22-15-18-7-12(14(21)19(9)15)13(20)17-6-10-3-2-4-11(16)5-10/h2-5,7-8H,6H2,1H3,(H,17,20). The molecule has 0 aliphatic heterocycles. The van der Waals surface area contributed by atoms with E-state index in [1.54, 1.807) is 25.1 Å². The van der Waals surface area contributed by atoms with E-state index in [9.17, 15) is 9.59 Å². The molecule has 7 heteroatoms. The van der Waals surface area contributed by atoms with Gasteiger partial charge in [-0.15, -0.1) is 11.3 Å². The van der Waals surface area contributed by atoms with Crippen molar-refractivity contribution in [2.45, 2.75) is 13.5 Å². The number of halogens is 1. The van der Waals surface area contributed by atoms with Gasteiger partial charge in [0.25, 0.3) is 11.5 Å². The summed E-state index contributed by atoms with van der Waals surface area (Å²) in [6.07, 6.45) is 1.32. The van der Waals surface area contributed by atoms with E-state index in [4.69, 9.17) is 11.6 Å². The number of hydrogen-bond acceptors (Lipinski definition) is 4. The minimum absolute atomic E-state index is 0.0287. The number of aromatic nitrogens is 2. The van der Waals surface area contributed by atoms with Gasteiger partial charge >= 0.3 is 0 Å². The van der Waals surface area contributed by atoms with Crippen LogP contribution in [0.15, 0.2) is 40.6 Å². The molecular formula is C15H12ClN3O2S. The molecule has 0 aliphatic rings. The second-order valence-electron chi connectivity index (χ2n) is 4.78. The molecule has 3 rings (SSSR count). The maximum Gasteiger partial charge on any atom is 0.271 e. The minimum Gasteiger partial charge on any atom is -0.348 e. The lowest BCUT2D eigenvalue weighted by Gasteiger charge is -2.06.